The van der Waals surface area contributed by atoms with Crippen LogP contribution >= 0.6 is 21.6 Å². The molecule has 0 radical (unpaired) electrons. The largest absolute Gasteiger partial charge is 0.450 e. The molecule has 2 atom stereocenters. The predicted molar refractivity (Wildman–Crippen MR) is 101 cm³/mol. The highest BCUT2D eigenvalue weighted by molar-refractivity contribution is 8.76. The molecule has 0 aliphatic carbocycles. The summed E-state index contributed by atoms with van der Waals surface area (Å²) in [5, 5.41) is 9.85. The van der Waals surface area contributed by atoms with E-state index in [-0.39, 0.29) is 36.5 Å². The predicted octanol–water partition coefficient (Wildman–Crippen LogP) is 0.0892. The molecule has 0 aromatic carbocycles. The minimum atomic E-state index is -0.784. The lowest BCUT2D eigenvalue weighted by atomic mass is 10.3. The Morgan fingerprint density at radius 2 is 1.12 bits per heavy atom. The van der Waals surface area contributed by atoms with Crippen molar-refractivity contribution < 1.29 is 28.7 Å². The van der Waals surface area contributed by atoms with Crippen LogP contribution < -0.4 is 21.3 Å². The zero-order valence-corrected chi connectivity index (χ0v) is 16.9. The van der Waals surface area contributed by atoms with Crippen LogP contribution in [0.25, 0.3) is 0 Å². The maximum Gasteiger partial charge on any atom is 0.407 e. The summed E-state index contributed by atoms with van der Waals surface area (Å²) in [4.78, 5) is 46.6. The number of carbonyl (C=O) groups is 4. The van der Waals surface area contributed by atoms with Gasteiger partial charge in [-0.15, -0.1) is 0 Å². The average molecular weight is 411 g/mol. The van der Waals surface area contributed by atoms with Crippen LogP contribution in [0.4, 0.5) is 9.59 Å². The molecule has 4 amide bonds. The second kappa shape index (κ2) is 14.4. The highest BCUT2D eigenvalue weighted by atomic mass is 33.1. The quantitative estimate of drug-likeness (QED) is 0.278. The van der Waals surface area contributed by atoms with Crippen LogP contribution in [0.1, 0.15) is 13.8 Å². The summed E-state index contributed by atoms with van der Waals surface area (Å²) < 4.78 is 9.53. The number of ether oxygens (including phenoxy) is 2. The van der Waals surface area contributed by atoms with Gasteiger partial charge in [0.05, 0.1) is 13.2 Å². The van der Waals surface area contributed by atoms with E-state index in [2.05, 4.69) is 21.3 Å². The molecular weight excluding hydrogens is 384 g/mol. The molecule has 0 bridgehead atoms. The van der Waals surface area contributed by atoms with Crippen molar-refractivity contribution >= 4 is 45.6 Å². The van der Waals surface area contributed by atoms with E-state index in [1.54, 1.807) is 13.8 Å². The first-order chi connectivity index (χ1) is 12.4. The average Bonchev–Trinajstić information content (AvgIpc) is 2.62. The number of alkyl carbamates (subject to hydrolysis) is 2. The molecule has 0 aromatic heterocycles. The Morgan fingerprint density at radius 1 is 0.769 bits per heavy atom. The molecule has 10 nitrogen and oxygen atoms in total. The molecule has 0 aliphatic rings. The van der Waals surface area contributed by atoms with Crippen LogP contribution in [0, 0.1) is 0 Å². The van der Waals surface area contributed by atoms with Gasteiger partial charge in [-0.3, -0.25) is 9.59 Å². The van der Waals surface area contributed by atoms with Crippen LogP contribution in [0.5, 0.6) is 0 Å². The smallest absolute Gasteiger partial charge is 0.407 e. The third-order valence-corrected chi connectivity index (χ3v) is 5.24. The fourth-order valence-electron chi connectivity index (χ4n) is 1.58. The van der Waals surface area contributed by atoms with Crippen LogP contribution in [0.2, 0.25) is 0 Å². The normalized spacial score (nSPS) is 12.3. The summed E-state index contributed by atoms with van der Waals surface area (Å²) in [6.07, 6.45) is -1.36. The zero-order chi connectivity index (χ0) is 19.9. The van der Waals surface area contributed by atoms with Gasteiger partial charge < -0.3 is 30.7 Å². The molecule has 26 heavy (non-hydrogen) atoms. The monoisotopic (exact) mass is 410 g/mol. The van der Waals surface area contributed by atoms with E-state index < -0.39 is 24.3 Å². The Morgan fingerprint density at radius 3 is 1.38 bits per heavy atom. The fraction of sp³-hybridized carbons (Fsp3) is 0.714. The number of carbonyl (C=O) groups excluding carboxylic acids is 4. The highest BCUT2D eigenvalue weighted by Crippen LogP contribution is 2.23. The summed E-state index contributed by atoms with van der Waals surface area (Å²) in [6, 6.07) is -1.57. The Labute approximate surface area is 160 Å². The molecule has 0 saturated carbocycles. The molecule has 0 rings (SSSR count). The van der Waals surface area contributed by atoms with Gasteiger partial charge in [-0.2, -0.15) is 0 Å². The molecule has 0 aliphatic heterocycles. The van der Waals surface area contributed by atoms with Gasteiger partial charge in [-0.1, -0.05) is 21.6 Å². The summed E-state index contributed by atoms with van der Waals surface area (Å²) >= 11 is 0. The third-order valence-electron chi connectivity index (χ3n) is 2.81. The molecule has 0 aromatic rings. The molecule has 0 spiro atoms. The molecule has 12 heteroatoms. The highest BCUT2D eigenvalue weighted by Gasteiger charge is 2.23. The number of nitrogens with one attached hydrogen (secondary N) is 4. The van der Waals surface area contributed by atoms with Gasteiger partial charge >= 0.3 is 12.2 Å². The van der Waals surface area contributed by atoms with Crippen molar-refractivity contribution in [2.24, 2.45) is 0 Å². The van der Waals surface area contributed by atoms with Gasteiger partial charge in [0.1, 0.15) is 12.1 Å². The van der Waals surface area contributed by atoms with Crippen LogP contribution in [-0.2, 0) is 19.1 Å². The van der Waals surface area contributed by atoms with E-state index in [1.165, 1.54) is 35.7 Å². The van der Waals surface area contributed by atoms with Crippen LogP contribution in [-0.4, -0.2) is 74.9 Å². The summed E-state index contributed by atoms with van der Waals surface area (Å²) in [5.41, 5.74) is 0. The minimum absolute atomic E-state index is 0.196. The number of rotatable bonds is 11. The molecule has 0 unspecified atom stereocenters. The van der Waals surface area contributed by atoms with Crippen molar-refractivity contribution in [2.75, 3.05) is 38.8 Å². The summed E-state index contributed by atoms with van der Waals surface area (Å²) in [7, 11) is 5.48. The van der Waals surface area contributed by atoms with Gasteiger partial charge in [0.2, 0.25) is 11.8 Å². The summed E-state index contributed by atoms with van der Waals surface area (Å²) in [6.45, 7) is 3.71. The lowest BCUT2D eigenvalue weighted by Crippen LogP contribution is -2.48. The Bertz CT molecular complexity index is 438. The number of hydrogen-bond donors (Lipinski definition) is 4. The van der Waals surface area contributed by atoms with Crippen molar-refractivity contribution in [1.29, 1.82) is 0 Å². The maximum absolute atomic E-state index is 11.8. The van der Waals surface area contributed by atoms with E-state index in [0.717, 1.165) is 0 Å². The second-order valence-corrected chi connectivity index (χ2v) is 7.18. The second-order valence-electron chi connectivity index (χ2n) is 4.63. The molecule has 150 valence electrons. The Balaban J connectivity index is 4.51. The van der Waals surface area contributed by atoms with E-state index in [1.807, 2.05) is 0 Å². The number of hydrogen-bond acceptors (Lipinski definition) is 8. The standard InChI is InChI=1S/C14H26N4O6S2/c1-5-23-13(21)17-9(11(19)15-3)7-25-26-8-10(12(20)16-4)18-14(22)24-6-2/h9-10H,5-8H2,1-4H3,(H,15,19)(H,16,20)(H,17,21)(H,18,22)/t9-,10-/m0/s1. The minimum Gasteiger partial charge on any atom is -0.450 e. The molecule has 0 saturated heterocycles. The molecular formula is C14H26N4O6S2. The number of amides is 4. The van der Waals surface area contributed by atoms with Crippen molar-refractivity contribution in [2.45, 2.75) is 25.9 Å². The van der Waals surface area contributed by atoms with E-state index in [4.69, 9.17) is 9.47 Å². The molecule has 4 N–H and O–H groups in total. The third kappa shape index (κ3) is 10.2. The van der Waals surface area contributed by atoms with Crippen LogP contribution in [0.15, 0.2) is 0 Å². The van der Waals surface area contributed by atoms with Crippen molar-refractivity contribution in [3.8, 4) is 0 Å². The van der Waals surface area contributed by atoms with Gasteiger partial charge in [0.25, 0.3) is 0 Å². The van der Waals surface area contributed by atoms with Gasteiger partial charge in [-0.25, -0.2) is 9.59 Å². The van der Waals surface area contributed by atoms with Crippen molar-refractivity contribution in [3.63, 3.8) is 0 Å². The lowest BCUT2D eigenvalue weighted by molar-refractivity contribution is -0.122. The lowest BCUT2D eigenvalue weighted by Gasteiger charge is -2.18. The fourth-order valence-corrected chi connectivity index (χ4v) is 3.90. The van der Waals surface area contributed by atoms with E-state index in [9.17, 15) is 19.2 Å². The van der Waals surface area contributed by atoms with Crippen molar-refractivity contribution in [1.82, 2.24) is 21.3 Å². The Kier molecular flexibility index (Phi) is 13.4. The maximum atomic E-state index is 11.8. The zero-order valence-electron chi connectivity index (χ0n) is 15.2. The van der Waals surface area contributed by atoms with Gasteiger partial charge in [0.15, 0.2) is 0 Å². The van der Waals surface area contributed by atoms with Gasteiger partial charge in [0, 0.05) is 25.6 Å². The van der Waals surface area contributed by atoms with Crippen molar-refractivity contribution in [3.05, 3.63) is 0 Å². The topological polar surface area (TPSA) is 135 Å². The molecule has 0 heterocycles. The van der Waals surface area contributed by atoms with Gasteiger partial charge in [-0.05, 0) is 13.8 Å². The first-order valence-electron chi connectivity index (χ1n) is 7.93. The first-order valence-corrected chi connectivity index (χ1v) is 10.4. The Hall–Kier alpha value is -1.82. The van der Waals surface area contributed by atoms with E-state index in [0.29, 0.717) is 0 Å². The molecule has 0 fully saturated rings. The first kappa shape index (κ1) is 24.2. The van der Waals surface area contributed by atoms with E-state index >= 15 is 0 Å². The summed E-state index contributed by atoms with van der Waals surface area (Å²) in [5.74, 6) is -0.219. The number of likely N-dealkylation sites (N-methyl/N-ethyl adjacent to an activating group) is 2. The SMILES string of the molecule is CCOC(=O)N[C@@H](CSSC[C@H](NC(=O)OCC)C(=O)NC)C(=O)NC. The van der Waals surface area contributed by atoms with Crippen LogP contribution in [0.3, 0.4) is 0 Å².